The second-order valence-corrected chi connectivity index (χ2v) is 6.93. The molecule has 4 rings (SSSR count). The summed E-state index contributed by atoms with van der Waals surface area (Å²) in [7, 11) is 0. The van der Waals surface area contributed by atoms with Gasteiger partial charge in [0.05, 0.1) is 11.1 Å². The molecule has 2 aromatic rings. The fourth-order valence-corrected chi connectivity index (χ4v) is 3.91. The predicted octanol–water partition coefficient (Wildman–Crippen LogP) is 3.00. The van der Waals surface area contributed by atoms with Gasteiger partial charge in [-0.25, -0.2) is 4.39 Å². The van der Waals surface area contributed by atoms with Gasteiger partial charge in [0, 0.05) is 48.4 Å². The molecular formula is C20H18ClFN2O2. The standard InChI is InChI=1S/C20H18ClFN2O2/c1-2-12-8-13-10-24-7-6-23-9-14(24)11-26-20(13)19(22)17(12)18-15(21)4-3-5-16(18)25/h1,3-5,8,14,23,25H,6-7,9-11H2/t14-/m1/s1. The number of phenolic OH excluding ortho intramolecular Hbond substituents is 1. The van der Waals surface area contributed by atoms with E-state index in [9.17, 15) is 5.11 Å². The molecule has 0 radical (unpaired) electrons. The molecule has 0 unspecified atom stereocenters. The molecule has 2 heterocycles. The number of nitrogens with one attached hydrogen (secondary N) is 1. The van der Waals surface area contributed by atoms with Crippen LogP contribution >= 0.6 is 11.6 Å². The molecule has 0 saturated carbocycles. The van der Waals surface area contributed by atoms with Gasteiger partial charge in [-0.2, -0.15) is 0 Å². The highest BCUT2D eigenvalue weighted by Gasteiger charge is 2.31. The minimum Gasteiger partial charge on any atom is -0.507 e. The zero-order valence-corrected chi connectivity index (χ0v) is 14.8. The van der Waals surface area contributed by atoms with Gasteiger partial charge in [0.1, 0.15) is 12.4 Å². The van der Waals surface area contributed by atoms with Gasteiger partial charge >= 0.3 is 0 Å². The summed E-state index contributed by atoms with van der Waals surface area (Å²) in [6, 6.07) is 6.59. The van der Waals surface area contributed by atoms with Crippen molar-refractivity contribution in [3.8, 4) is 35.0 Å². The average molecular weight is 373 g/mol. The van der Waals surface area contributed by atoms with E-state index >= 15 is 4.39 Å². The summed E-state index contributed by atoms with van der Waals surface area (Å²) in [5.41, 5.74) is 1.36. The van der Waals surface area contributed by atoms with Crippen LogP contribution in [0.15, 0.2) is 24.3 Å². The lowest BCUT2D eigenvalue weighted by Gasteiger charge is -2.33. The van der Waals surface area contributed by atoms with Gasteiger partial charge in [-0.15, -0.1) is 6.42 Å². The highest BCUT2D eigenvalue weighted by atomic mass is 35.5. The first kappa shape index (κ1) is 17.2. The van der Waals surface area contributed by atoms with Crippen molar-refractivity contribution < 1.29 is 14.2 Å². The van der Waals surface area contributed by atoms with Crippen LogP contribution in [-0.4, -0.2) is 42.3 Å². The number of hydrogen-bond acceptors (Lipinski definition) is 4. The number of fused-ring (bicyclic) bond motifs is 2. The highest BCUT2D eigenvalue weighted by Crippen LogP contribution is 2.43. The van der Waals surface area contributed by atoms with E-state index in [0.717, 1.165) is 25.2 Å². The van der Waals surface area contributed by atoms with Gasteiger partial charge in [0.2, 0.25) is 0 Å². The summed E-state index contributed by atoms with van der Waals surface area (Å²) >= 11 is 6.23. The van der Waals surface area contributed by atoms with Crippen molar-refractivity contribution in [2.24, 2.45) is 0 Å². The van der Waals surface area contributed by atoms with Crippen molar-refractivity contribution in [2.45, 2.75) is 12.6 Å². The maximum absolute atomic E-state index is 15.5. The fourth-order valence-electron chi connectivity index (χ4n) is 3.65. The molecule has 2 N–H and O–H groups in total. The third kappa shape index (κ3) is 2.80. The summed E-state index contributed by atoms with van der Waals surface area (Å²) in [4.78, 5) is 2.27. The third-order valence-electron chi connectivity index (χ3n) is 4.96. The van der Waals surface area contributed by atoms with Crippen LogP contribution in [0.25, 0.3) is 11.1 Å². The number of piperazine rings is 1. The van der Waals surface area contributed by atoms with Crippen LogP contribution in [0.1, 0.15) is 11.1 Å². The molecule has 0 aromatic heterocycles. The molecule has 134 valence electrons. The molecule has 1 saturated heterocycles. The first-order valence-electron chi connectivity index (χ1n) is 8.47. The average Bonchev–Trinajstić information content (AvgIpc) is 2.82. The van der Waals surface area contributed by atoms with Gasteiger partial charge < -0.3 is 15.2 Å². The largest absolute Gasteiger partial charge is 0.507 e. The molecule has 0 spiro atoms. The number of benzene rings is 2. The molecular weight excluding hydrogens is 355 g/mol. The Morgan fingerprint density at radius 1 is 1.38 bits per heavy atom. The summed E-state index contributed by atoms with van der Waals surface area (Å²) in [5, 5.41) is 13.8. The molecule has 6 heteroatoms. The van der Waals surface area contributed by atoms with Crippen molar-refractivity contribution in [3.05, 3.63) is 46.2 Å². The molecule has 2 aliphatic rings. The van der Waals surface area contributed by atoms with Gasteiger partial charge in [-0.1, -0.05) is 23.6 Å². The molecule has 1 fully saturated rings. The van der Waals surface area contributed by atoms with E-state index in [1.165, 1.54) is 6.07 Å². The Labute approximate surface area is 156 Å². The summed E-state index contributed by atoms with van der Waals surface area (Å²) in [6.07, 6.45) is 5.66. The molecule has 2 aromatic carbocycles. The fraction of sp³-hybridized carbons (Fsp3) is 0.300. The lowest BCUT2D eigenvalue weighted by Crippen LogP contribution is -2.52. The second-order valence-electron chi connectivity index (χ2n) is 6.52. The molecule has 1 atom stereocenters. The first-order chi connectivity index (χ1) is 12.6. The number of phenols is 1. The highest BCUT2D eigenvalue weighted by molar-refractivity contribution is 6.33. The lowest BCUT2D eigenvalue weighted by atomic mass is 9.95. The van der Waals surface area contributed by atoms with E-state index < -0.39 is 5.82 Å². The van der Waals surface area contributed by atoms with Gasteiger partial charge in [0.15, 0.2) is 11.6 Å². The maximum atomic E-state index is 15.5. The van der Waals surface area contributed by atoms with Crippen LogP contribution in [0.4, 0.5) is 4.39 Å². The quantitative estimate of drug-likeness (QED) is 0.755. The number of nitrogens with zero attached hydrogens (tertiary/aromatic N) is 1. The van der Waals surface area contributed by atoms with E-state index in [4.69, 9.17) is 22.8 Å². The Balaban J connectivity index is 1.89. The van der Waals surface area contributed by atoms with Crippen molar-refractivity contribution in [3.63, 3.8) is 0 Å². The Hall–Kier alpha value is -2.26. The van der Waals surface area contributed by atoms with Crippen LogP contribution in [0.5, 0.6) is 11.5 Å². The Bertz CT molecular complexity index is 889. The van der Waals surface area contributed by atoms with Crippen LogP contribution in [0.3, 0.4) is 0 Å². The summed E-state index contributed by atoms with van der Waals surface area (Å²) in [5.74, 6) is 2.02. The van der Waals surface area contributed by atoms with E-state index in [-0.39, 0.29) is 33.7 Å². The number of aromatic hydroxyl groups is 1. The monoisotopic (exact) mass is 372 g/mol. The Morgan fingerprint density at radius 2 is 2.23 bits per heavy atom. The van der Waals surface area contributed by atoms with E-state index in [1.807, 2.05) is 0 Å². The third-order valence-corrected chi connectivity index (χ3v) is 5.28. The maximum Gasteiger partial charge on any atom is 0.174 e. The van der Waals surface area contributed by atoms with Crippen LogP contribution < -0.4 is 10.1 Å². The topological polar surface area (TPSA) is 44.7 Å². The molecule has 0 aliphatic carbocycles. The second kappa shape index (κ2) is 6.81. The van der Waals surface area contributed by atoms with Crippen LogP contribution in [-0.2, 0) is 6.54 Å². The van der Waals surface area contributed by atoms with Crippen molar-refractivity contribution in [1.82, 2.24) is 10.2 Å². The van der Waals surface area contributed by atoms with Gasteiger partial charge in [-0.3, -0.25) is 4.90 Å². The Morgan fingerprint density at radius 3 is 3.00 bits per heavy atom. The smallest absolute Gasteiger partial charge is 0.174 e. The van der Waals surface area contributed by atoms with E-state index in [0.29, 0.717) is 18.7 Å². The Kier molecular flexibility index (Phi) is 4.49. The molecule has 26 heavy (non-hydrogen) atoms. The number of ether oxygens (including phenoxy) is 1. The number of hydrogen-bond donors (Lipinski definition) is 2. The van der Waals surface area contributed by atoms with Gasteiger partial charge in [0.25, 0.3) is 0 Å². The van der Waals surface area contributed by atoms with Crippen LogP contribution in [0.2, 0.25) is 5.02 Å². The number of rotatable bonds is 1. The molecule has 4 nitrogen and oxygen atoms in total. The summed E-state index contributed by atoms with van der Waals surface area (Å²) in [6.45, 7) is 3.52. The number of terminal acetylenes is 1. The van der Waals surface area contributed by atoms with E-state index in [2.05, 4.69) is 16.1 Å². The summed E-state index contributed by atoms with van der Waals surface area (Å²) < 4.78 is 21.3. The zero-order valence-electron chi connectivity index (χ0n) is 14.1. The van der Waals surface area contributed by atoms with E-state index in [1.54, 1.807) is 18.2 Å². The minimum atomic E-state index is -0.577. The van der Waals surface area contributed by atoms with Crippen LogP contribution in [0, 0.1) is 18.2 Å². The SMILES string of the molecule is C#Cc1cc2c(c(F)c1-c1c(O)cccc1Cl)OC[C@H]1CNCCN1C2. The van der Waals surface area contributed by atoms with Crippen molar-refractivity contribution in [1.29, 1.82) is 0 Å². The minimum absolute atomic E-state index is 0.104. The molecule has 0 amide bonds. The van der Waals surface area contributed by atoms with Crippen molar-refractivity contribution in [2.75, 3.05) is 26.2 Å². The van der Waals surface area contributed by atoms with Crippen molar-refractivity contribution >= 4 is 11.6 Å². The normalized spacial score (nSPS) is 19.7. The zero-order chi connectivity index (χ0) is 18.3. The predicted molar refractivity (Wildman–Crippen MR) is 99.0 cm³/mol. The lowest BCUT2D eigenvalue weighted by molar-refractivity contribution is 0.119. The first-order valence-corrected chi connectivity index (χ1v) is 8.85. The molecule has 2 aliphatic heterocycles. The van der Waals surface area contributed by atoms with Gasteiger partial charge in [-0.05, 0) is 18.2 Å². The number of halogens is 2. The molecule has 0 bridgehead atoms.